The van der Waals surface area contributed by atoms with Gasteiger partial charge in [-0.2, -0.15) is 0 Å². The summed E-state index contributed by atoms with van der Waals surface area (Å²) in [5.74, 6) is 0.359. The van der Waals surface area contributed by atoms with Gasteiger partial charge in [0.25, 0.3) is 5.69 Å². The fraction of sp³-hybridized carbons (Fsp3) is 0.600. The van der Waals surface area contributed by atoms with Crippen molar-refractivity contribution in [2.75, 3.05) is 36.5 Å². The number of nitrogens with zero attached hydrogens (tertiary/aromatic N) is 2. The molecule has 1 saturated heterocycles. The third kappa shape index (κ3) is 4.07. The smallest absolute Gasteiger partial charge is 0.273 e. The molecule has 21 heavy (non-hydrogen) atoms. The molecule has 0 aromatic heterocycles. The van der Waals surface area contributed by atoms with E-state index in [-0.39, 0.29) is 17.2 Å². The lowest BCUT2D eigenvalue weighted by atomic mass is 9.97. The average molecular weight is 293 g/mol. The van der Waals surface area contributed by atoms with E-state index in [4.69, 9.17) is 0 Å². The van der Waals surface area contributed by atoms with Crippen molar-refractivity contribution in [1.29, 1.82) is 0 Å². The first-order valence-corrected chi connectivity index (χ1v) is 7.53. The lowest BCUT2D eigenvalue weighted by Gasteiger charge is -2.33. The van der Waals surface area contributed by atoms with Crippen LogP contribution in [0, 0.1) is 16.0 Å². The molecule has 1 aromatic carbocycles. The molecule has 0 bridgehead atoms. The first kappa shape index (κ1) is 15.6. The lowest BCUT2D eigenvalue weighted by Crippen LogP contribution is -2.34. The lowest BCUT2D eigenvalue weighted by molar-refractivity contribution is -0.384. The molecule has 0 spiro atoms. The summed E-state index contributed by atoms with van der Waals surface area (Å²) in [6.45, 7) is 4.75. The molecule has 1 heterocycles. The van der Waals surface area contributed by atoms with Crippen LogP contribution in [0.2, 0.25) is 0 Å². The Balaban J connectivity index is 2.17. The Labute approximate surface area is 124 Å². The maximum Gasteiger partial charge on any atom is 0.273 e. The van der Waals surface area contributed by atoms with Crippen molar-refractivity contribution in [3.05, 3.63) is 28.3 Å². The van der Waals surface area contributed by atoms with Crippen LogP contribution in [-0.4, -0.2) is 36.3 Å². The summed E-state index contributed by atoms with van der Waals surface area (Å²) in [5.41, 5.74) is 1.81. The summed E-state index contributed by atoms with van der Waals surface area (Å²) >= 11 is 0. The van der Waals surface area contributed by atoms with Gasteiger partial charge in [0.2, 0.25) is 0 Å². The molecular weight excluding hydrogens is 270 g/mol. The van der Waals surface area contributed by atoms with E-state index in [1.54, 1.807) is 12.1 Å². The normalized spacial score (nSPS) is 16.0. The number of benzene rings is 1. The predicted molar refractivity (Wildman–Crippen MR) is 83.9 cm³/mol. The maximum atomic E-state index is 11.1. The van der Waals surface area contributed by atoms with Crippen molar-refractivity contribution >= 4 is 17.1 Å². The Hall–Kier alpha value is -1.82. The summed E-state index contributed by atoms with van der Waals surface area (Å²) in [5, 5.41) is 23.5. The molecule has 2 rings (SSSR count). The standard InChI is InChI=1S/C15H23N3O3/c1-2-5-16-13-8-14(10-15(9-13)18(20)21)17-6-3-12(11-19)4-7-17/h8-10,12,16,19H,2-7,11H2,1H3. The first-order chi connectivity index (χ1) is 10.1. The number of aliphatic hydroxyl groups excluding tert-OH is 1. The van der Waals surface area contributed by atoms with Crippen LogP contribution in [0.5, 0.6) is 0 Å². The number of aliphatic hydroxyl groups is 1. The van der Waals surface area contributed by atoms with E-state index in [1.165, 1.54) is 0 Å². The van der Waals surface area contributed by atoms with Gasteiger partial charge in [0.05, 0.1) is 4.92 Å². The highest BCUT2D eigenvalue weighted by Crippen LogP contribution is 2.30. The number of anilines is 2. The summed E-state index contributed by atoms with van der Waals surface area (Å²) in [6.07, 6.45) is 2.83. The fourth-order valence-electron chi connectivity index (χ4n) is 2.63. The quantitative estimate of drug-likeness (QED) is 0.622. The highest BCUT2D eigenvalue weighted by atomic mass is 16.6. The zero-order valence-corrected chi connectivity index (χ0v) is 12.4. The minimum atomic E-state index is -0.346. The third-order valence-electron chi connectivity index (χ3n) is 3.93. The van der Waals surface area contributed by atoms with Gasteiger partial charge in [0.15, 0.2) is 0 Å². The summed E-state index contributed by atoms with van der Waals surface area (Å²) in [4.78, 5) is 12.9. The molecule has 0 unspecified atom stereocenters. The van der Waals surface area contributed by atoms with Crippen LogP contribution in [0.4, 0.5) is 17.1 Å². The van der Waals surface area contributed by atoms with Crippen molar-refractivity contribution in [2.24, 2.45) is 5.92 Å². The van der Waals surface area contributed by atoms with Gasteiger partial charge in [0, 0.05) is 49.7 Å². The van der Waals surface area contributed by atoms with Gasteiger partial charge < -0.3 is 15.3 Å². The number of nitro groups is 1. The largest absolute Gasteiger partial charge is 0.396 e. The van der Waals surface area contributed by atoms with Crippen LogP contribution in [-0.2, 0) is 0 Å². The first-order valence-electron chi connectivity index (χ1n) is 7.53. The molecule has 1 aromatic rings. The second-order valence-corrected chi connectivity index (χ2v) is 5.53. The van der Waals surface area contributed by atoms with Crippen LogP contribution in [0.1, 0.15) is 26.2 Å². The van der Waals surface area contributed by atoms with E-state index in [1.807, 2.05) is 6.07 Å². The third-order valence-corrected chi connectivity index (χ3v) is 3.93. The number of hydrogen-bond acceptors (Lipinski definition) is 5. The Morgan fingerprint density at radius 2 is 2.10 bits per heavy atom. The average Bonchev–Trinajstić information content (AvgIpc) is 2.52. The molecule has 0 saturated carbocycles. The molecule has 116 valence electrons. The van der Waals surface area contributed by atoms with Crippen molar-refractivity contribution < 1.29 is 10.0 Å². The van der Waals surface area contributed by atoms with Crippen LogP contribution < -0.4 is 10.2 Å². The van der Waals surface area contributed by atoms with E-state index in [0.717, 1.165) is 50.3 Å². The van der Waals surface area contributed by atoms with Crippen molar-refractivity contribution in [1.82, 2.24) is 0 Å². The molecule has 0 aliphatic carbocycles. The van der Waals surface area contributed by atoms with Crippen molar-refractivity contribution in [2.45, 2.75) is 26.2 Å². The van der Waals surface area contributed by atoms with Gasteiger partial charge in [-0.25, -0.2) is 0 Å². The molecule has 1 aliphatic rings. The molecule has 1 aliphatic heterocycles. The van der Waals surface area contributed by atoms with Gasteiger partial charge in [-0.05, 0) is 31.2 Å². The molecule has 6 nitrogen and oxygen atoms in total. The van der Waals surface area contributed by atoms with Crippen molar-refractivity contribution in [3.63, 3.8) is 0 Å². The van der Waals surface area contributed by atoms with E-state index in [9.17, 15) is 15.2 Å². The molecule has 0 radical (unpaired) electrons. The van der Waals surface area contributed by atoms with Crippen LogP contribution >= 0.6 is 0 Å². The zero-order chi connectivity index (χ0) is 15.2. The van der Waals surface area contributed by atoms with Gasteiger partial charge in [0.1, 0.15) is 0 Å². The number of rotatable bonds is 6. The topological polar surface area (TPSA) is 78.6 Å². The number of hydrogen-bond donors (Lipinski definition) is 2. The van der Waals surface area contributed by atoms with E-state index >= 15 is 0 Å². The molecule has 1 fully saturated rings. The van der Waals surface area contributed by atoms with Crippen LogP contribution in [0.3, 0.4) is 0 Å². The summed E-state index contributed by atoms with van der Waals surface area (Å²) in [7, 11) is 0. The predicted octanol–water partition coefficient (Wildman–Crippen LogP) is 2.63. The van der Waals surface area contributed by atoms with Gasteiger partial charge >= 0.3 is 0 Å². The minimum absolute atomic E-state index is 0.121. The Morgan fingerprint density at radius 1 is 1.38 bits per heavy atom. The van der Waals surface area contributed by atoms with E-state index in [0.29, 0.717) is 5.92 Å². The SMILES string of the molecule is CCCNc1cc(N2CCC(CO)CC2)cc([N+](=O)[O-])c1. The highest BCUT2D eigenvalue weighted by molar-refractivity contribution is 5.64. The second kappa shape index (κ2) is 7.26. The van der Waals surface area contributed by atoms with Crippen LogP contribution in [0.25, 0.3) is 0 Å². The Kier molecular flexibility index (Phi) is 5.38. The molecular formula is C15H23N3O3. The number of nitro benzene ring substituents is 1. The summed E-state index contributed by atoms with van der Waals surface area (Å²) < 4.78 is 0. The number of non-ortho nitro benzene ring substituents is 1. The van der Waals surface area contributed by atoms with Gasteiger partial charge in [-0.1, -0.05) is 6.92 Å². The minimum Gasteiger partial charge on any atom is -0.396 e. The number of piperidine rings is 1. The van der Waals surface area contributed by atoms with E-state index in [2.05, 4.69) is 17.1 Å². The fourth-order valence-corrected chi connectivity index (χ4v) is 2.63. The molecule has 0 atom stereocenters. The molecule has 2 N–H and O–H groups in total. The van der Waals surface area contributed by atoms with Crippen molar-refractivity contribution in [3.8, 4) is 0 Å². The molecule has 0 amide bonds. The zero-order valence-electron chi connectivity index (χ0n) is 12.4. The second-order valence-electron chi connectivity index (χ2n) is 5.53. The Bertz CT molecular complexity index is 485. The molecule has 6 heteroatoms. The number of nitrogens with one attached hydrogen (secondary N) is 1. The van der Waals surface area contributed by atoms with Gasteiger partial charge in [-0.15, -0.1) is 0 Å². The van der Waals surface area contributed by atoms with Gasteiger partial charge in [-0.3, -0.25) is 10.1 Å². The Morgan fingerprint density at radius 3 is 2.67 bits per heavy atom. The maximum absolute atomic E-state index is 11.1. The van der Waals surface area contributed by atoms with Crippen LogP contribution in [0.15, 0.2) is 18.2 Å². The highest BCUT2D eigenvalue weighted by Gasteiger charge is 2.20. The van der Waals surface area contributed by atoms with E-state index < -0.39 is 0 Å². The summed E-state index contributed by atoms with van der Waals surface area (Å²) in [6, 6.07) is 5.19. The monoisotopic (exact) mass is 293 g/mol.